The molecule has 0 aliphatic rings. The number of hydrogen-bond acceptors (Lipinski definition) is 5. The van der Waals surface area contributed by atoms with Crippen molar-refractivity contribution in [2.75, 3.05) is 23.3 Å². The molecular weight excluding hydrogens is 364 g/mol. The lowest BCUT2D eigenvalue weighted by Gasteiger charge is -2.21. The van der Waals surface area contributed by atoms with E-state index in [0.717, 1.165) is 34.8 Å². The van der Waals surface area contributed by atoms with Crippen LogP contribution in [-0.4, -0.2) is 23.1 Å². The number of aryl methyl sites for hydroxylation is 1. The van der Waals surface area contributed by atoms with Gasteiger partial charge in [0, 0.05) is 34.9 Å². The molecule has 0 amide bonds. The van der Waals surface area contributed by atoms with E-state index in [4.69, 9.17) is 0 Å². The van der Waals surface area contributed by atoms with Gasteiger partial charge in [-0.3, -0.25) is 0 Å². The molecule has 28 heavy (non-hydrogen) atoms. The number of hydrogen-bond donors (Lipinski definition) is 1. The van der Waals surface area contributed by atoms with Crippen LogP contribution in [0.1, 0.15) is 18.7 Å². The lowest BCUT2D eigenvalue weighted by Crippen LogP contribution is -2.21. The van der Waals surface area contributed by atoms with Gasteiger partial charge in [0.15, 0.2) is 0 Å². The first kappa shape index (κ1) is 18.4. The van der Waals surface area contributed by atoms with E-state index in [-0.39, 0.29) is 0 Å². The number of thiophene rings is 1. The van der Waals surface area contributed by atoms with Crippen LogP contribution in [0.3, 0.4) is 0 Å². The molecule has 0 aliphatic heterocycles. The van der Waals surface area contributed by atoms with Crippen molar-refractivity contribution >= 4 is 38.7 Å². The fourth-order valence-corrected chi connectivity index (χ4v) is 4.59. The predicted molar refractivity (Wildman–Crippen MR) is 121 cm³/mol. The lowest BCUT2D eigenvalue weighted by atomic mass is 10.0. The molecule has 5 heteroatoms. The first-order valence-electron chi connectivity index (χ1n) is 9.62. The van der Waals surface area contributed by atoms with Crippen molar-refractivity contribution in [2.45, 2.75) is 20.8 Å². The third-order valence-electron chi connectivity index (χ3n) is 4.99. The van der Waals surface area contributed by atoms with Gasteiger partial charge in [-0.2, -0.15) is 0 Å². The largest absolute Gasteiger partial charge is 0.372 e. The minimum atomic E-state index is 0.851. The van der Waals surface area contributed by atoms with Crippen LogP contribution in [-0.2, 0) is 0 Å². The molecular formula is C23H24N4S. The van der Waals surface area contributed by atoms with Crippen LogP contribution in [0.5, 0.6) is 0 Å². The third kappa shape index (κ3) is 3.45. The smallest absolute Gasteiger partial charge is 0.143 e. The lowest BCUT2D eigenvalue weighted by molar-refractivity contribution is 0.866. The van der Waals surface area contributed by atoms with Gasteiger partial charge < -0.3 is 10.2 Å². The van der Waals surface area contributed by atoms with Crippen molar-refractivity contribution < 1.29 is 0 Å². The number of benzene rings is 2. The minimum Gasteiger partial charge on any atom is -0.372 e. The molecule has 142 valence electrons. The van der Waals surface area contributed by atoms with Gasteiger partial charge >= 0.3 is 0 Å². The molecule has 0 radical (unpaired) electrons. The number of anilines is 3. The molecule has 4 rings (SSSR count). The zero-order valence-electron chi connectivity index (χ0n) is 16.4. The molecule has 0 spiro atoms. The summed E-state index contributed by atoms with van der Waals surface area (Å²) < 4.78 is 0. The van der Waals surface area contributed by atoms with Crippen molar-refractivity contribution in [1.82, 2.24) is 9.97 Å². The summed E-state index contributed by atoms with van der Waals surface area (Å²) in [6.45, 7) is 8.51. The molecule has 4 nitrogen and oxygen atoms in total. The van der Waals surface area contributed by atoms with Crippen molar-refractivity contribution in [1.29, 1.82) is 0 Å². The second-order valence-corrected chi connectivity index (χ2v) is 7.85. The average Bonchev–Trinajstić information content (AvgIpc) is 3.07. The molecule has 4 aromatic rings. The highest BCUT2D eigenvalue weighted by Crippen LogP contribution is 2.40. The Morgan fingerprint density at radius 3 is 2.32 bits per heavy atom. The van der Waals surface area contributed by atoms with Gasteiger partial charge in [-0.15, -0.1) is 11.3 Å². The zero-order valence-corrected chi connectivity index (χ0v) is 17.3. The van der Waals surface area contributed by atoms with E-state index in [9.17, 15) is 0 Å². The number of nitrogens with zero attached hydrogens (tertiary/aromatic N) is 3. The number of rotatable bonds is 6. The minimum absolute atomic E-state index is 0.851. The van der Waals surface area contributed by atoms with Gasteiger partial charge in [0.1, 0.15) is 17.0 Å². The first-order chi connectivity index (χ1) is 13.7. The standard InChI is InChI=1S/C23H24N4S/c1-4-27(5-2)19-13-11-18(12-14-19)26-22-21-20(17-9-7-6-8-10-17)16(3)28-23(21)25-15-24-22/h6-15H,4-5H2,1-3H3,(H,24,25,26). The molecule has 1 N–H and O–H groups in total. The van der Waals surface area contributed by atoms with Crippen molar-refractivity contribution in [2.24, 2.45) is 0 Å². The zero-order chi connectivity index (χ0) is 19.5. The highest BCUT2D eigenvalue weighted by Gasteiger charge is 2.16. The molecule has 0 bridgehead atoms. The van der Waals surface area contributed by atoms with Gasteiger partial charge in [0.25, 0.3) is 0 Å². The van der Waals surface area contributed by atoms with E-state index in [1.165, 1.54) is 21.7 Å². The van der Waals surface area contributed by atoms with Crippen molar-refractivity contribution in [3.05, 3.63) is 65.8 Å². The van der Waals surface area contributed by atoms with Crippen LogP contribution in [0.15, 0.2) is 60.9 Å². The number of fused-ring (bicyclic) bond motifs is 1. The van der Waals surface area contributed by atoms with Gasteiger partial charge in [-0.05, 0) is 50.6 Å². The summed E-state index contributed by atoms with van der Waals surface area (Å²) in [5.41, 5.74) is 4.67. The topological polar surface area (TPSA) is 41.0 Å². The molecule has 2 heterocycles. The highest BCUT2D eigenvalue weighted by atomic mass is 32.1. The maximum Gasteiger partial charge on any atom is 0.143 e. The van der Waals surface area contributed by atoms with Crippen LogP contribution in [0.2, 0.25) is 0 Å². The summed E-state index contributed by atoms with van der Waals surface area (Å²) in [6, 6.07) is 19.0. The van der Waals surface area contributed by atoms with Crippen LogP contribution in [0.4, 0.5) is 17.2 Å². The summed E-state index contributed by atoms with van der Waals surface area (Å²) in [7, 11) is 0. The Balaban J connectivity index is 1.74. The van der Waals surface area contributed by atoms with Gasteiger partial charge in [0.05, 0.1) is 5.39 Å². The Hall–Kier alpha value is -2.92. The van der Waals surface area contributed by atoms with Crippen LogP contribution >= 0.6 is 11.3 Å². The van der Waals surface area contributed by atoms with Crippen LogP contribution in [0, 0.1) is 6.92 Å². The monoisotopic (exact) mass is 388 g/mol. The average molecular weight is 389 g/mol. The van der Waals surface area contributed by atoms with E-state index in [0.29, 0.717) is 0 Å². The summed E-state index contributed by atoms with van der Waals surface area (Å²) >= 11 is 1.71. The molecule has 0 atom stereocenters. The SMILES string of the molecule is CCN(CC)c1ccc(Nc2ncnc3sc(C)c(-c4ccccc4)c23)cc1. The van der Waals surface area contributed by atoms with E-state index < -0.39 is 0 Å². The van der Waals surface area contributed by atoms with Gasteiger partial charge in [-0.25, -0.2) is 9.97 Å². The Kier molecular flexibility index (Phi) is 5.26. The molecule has 0 aliphatic carbocycles. The maximum absolute atomic E-state index is 4.57. The summed E-state index contributed by atoms with van der Waals surface area (Å²) in [5.74, 6) is 0.851. The second-order valence-electron chi connectivity index (χ2n) is 6.65. The van der Waals surface area contributed by atoms with Crippen molar-refractivity contribution in [3.63, 3.8) is 0 Å². The normalized spacial score (nSPS) is 11.0. The second kappa shape index (κ2) is 7.98. The summed E-state index contributed by atoms with van der Waals surface area (Å²) in [4.78, 5) is 13.7. The molecule has 2 aromatic heterocycles. The Bertz CT molecular complexity index is 1070. The fourth-order valence-electron chi connectivity index (χ4n) is 3.57. The first-order valence-corrected chi connectivity index (χ1v) is 10.4. The summed E-state index contributed by atoms with van der Waals surface area (Å²) in [5, 5.41) is 4.60. The van der Waals surface area contributed by atoms with Crippen LogP contribution < -0.4 is 10.2 Å². The molecule has 0 unspecified atom stereocenters. The Morgan fingerprint density at radius 2 is 1.64 bits per heavy atom. The number of aromatic nitrogens is 2. The van der Waals surface area contributed by atoms with Gasteiger partial charge in [-0.1, -0.05) is 30.3 Å². The molecule has 0 saturated heterocycles. The summed E-state index contributed by atoms with van der Waals surface area (Å²) in [6.07, 6.45) is 1.64. The van der Waals surface area contributed by atoms with E-state index >= 15 is 0 Å². The van der Waals surface area contributed by atoms with Crippen molar-refractivity contribution in [3.8, 4) is 11.1 Å². The molecule has 0 fully saturated rings. The van der Waals surface area contributed by atoms with Crippen LogP contribution in [0.25, 0.3) is 21.3 Å². The quantitative estimate of drug-likeness (QED) is 0.423. The fraction of sp³-hybridized carbons (Fsp3) is 0.217. The Morgan fingerprint density at radius 1 is 0.929 bits per heavy atom. The van der Waals surface area contributed by atoms with E-state index in [1.807, 2.05) is 6.07 Å². The van der Waals surface area contributed by atoms with E-state index in [1.54, 1.807) is 17.7 Å². The van der Waals surface area contributed by atoms with E-state index in [2.05, 4.69) is 89.5 Å². The molecule has 0 saturated carbocycles. The third-order valence-corrected chi connectivity index (χ3v) is 6.00. The Labute approximate surface area is 169 Å². The number of nitrogens with one attached hydrogen (secondary N) is 1. The predicted octanol–water partition coefficient (Wildman–Crippen LogP) is 6.26. The maximum atomic E-state index is 4.57. The molecule has 2 aromatic carbocycles. The van der Waals surface area contributed by atoms with Gasteiger partial charge in [0.2, 0.25) is 0 Å². The highest BCUT2D eigenvalue weighted by molar-refractivity contribution is 7.19.